The van der Waals surface area contributed by atoms with Gasteiger partial charge in [-0.1, -0.05) is 0 Å². The van der Waals surface area contributed by atoms with E-state index in [9.17, 15) is 4.79 Å². The SMILES string of the molecule is NCCCCN(CCCN)C(=O)C(CN)CN. The van der Waals surface area contributed by atoms with Crippen LogP contribution in [0.4, 0.5) is 0 Å². The first-order valence-electron chi connectivity index (χ1n) is 6.30. The number of hydrogen-bond donors (Lipinski definition) is 4. The van der Waals surface area contributed by atoms with Crippen molar-refractivity contribution >= 4 is 5.91 Å². The summed E-state index contributed by atoms with van der Waals surface area (Å²) in [5.74, 6) is -0.230. The van der Waals surface area contributed by atoms with Gasteiger partial charge in [0.15, 0.2) is 0 Å². The van der Waals surface area contributed by atoms with Gasteiger partial charge in [0.1, 0.15) is 0 Å². The average Bonchev–Trinajstić information content (AvgIpc) is 2.35. The smallest absolute Gasteiger partial charge is 0.228 e. The van der Waals surface area contributed by atoms with Crippen LogP contribution < -0.4 is 22.9 Å². The molecule has 0 heterocycles. The minimum Gasteiger partial charge on any atom is -0.342 e. The van der Waals surface area contributed by atoms with Crippen molar-refractivity contribution in [2.45, 2.75) is 19.3 Å². The largest absolute Gasteiger partial charge is 0.342 e. The van der Waals surface area contributed by atoms with Gasteiger partial charge < -0.3 is 27.8 Å². The fourth-order valence-electron chi connectivity index (χ4n) is 1.62. The molecule has 0 aromatic carbocycles. The van der Waals surface area contributed by atoms with Crippen molar-refractivity contribution in [2.24, 2.45) is 28.9 Å². The van der Waals surface area contributed by atoms with Crippen LogP contribution in [0.3, 0.4) is 0 Å². The van der Waals surface area contributed by atoms with Crippen LogP contribution in [0.1, 0.15) is 19.3 Å². The van der Waals surface area contributed by atoms with Gasteiger partial charge in [0.05, 0.1) is 5.92 Å². The van der Waals surface area contributed by atoms with E-state index in [1.165, 1.54) is 0 Å². The van der Waals surface area contributed by atoms with E-state index < -0.39 is 0 Å². The zero-order chi connectivity index (χ0) is 13.1. The highest BCUT2D eigenvalue weighted by Crippen LogP contribution is 2.04. The van der Waals surface area contributed by atoms with Crippen LogP contribution in [0, 0.1) is 5.92 Å². The molecule has 17 heavy (non-hydrogen) atoms. The highest BCUT2D eigenvalue weighted by Gasteiger charge is 2.21. The number of carbonyl (C=O) groups is 1. The topological polar surface area (TPSA) is 124 Å². The van der Waals surface area contributed by atoms with Crippen molar-refractivity contribution in [3.63, 3.8) is 0 Å². The second-order valence-corrected chi connectivity index (χ2v) is 4.13. The molecule has 1 amide bonds. The summed E-state index contributed by atoms with van der Waals surface area (Å²) in [5, 5.41) is 0. The van der Waals surface area contributed by atoms with Crippen molar-refractivity contribution in [3.05, 3.63) is 0 Å². The molecule has 0 bridgehead atoms. The Balaban J connectivity index is 4.26. The monoisotopic (exact) mass is 245 g/mol. The van der Waals surface area contributed by atoms with Crippen molar-refractivity contribution in [2.75, 3.05) is 39.3 Å². The first-order chi connectivity index (χ1) is 8.21. The predicted molar refractivity (Wildman–Crippen MR) is 70.1 cm³/mol. The van der Waals surface area contributed by atoms with Gasteiger partial charge in [-0.2, -0.15) is 0 Å². The number of rotatable bonds is 10. The van der Waals surface area contributed by atoms with Crippen LogP contribution in [0.5, 0.6) is 0 Å². The number of nitrogens with zero attached hydrogens (tertiary/aromatic N) is 1. The minimum absolute atomic E-state index is 0.0421. The van der Waals surface area contributed by atoms with E-state index in [-0.39, 0.29) is 11.8 Å². The Kier molecular flexibility index (Phi) is 10.0. The van der Waals surface area contributed by atoms with Gasteiger partial charge in [0.2, 0.25) is 5.91 Å². The highest BCUT2D eigenvalue weighted by molar-refractivity contribution is 5.79. The molecule has 0 aromatic heterocycles. The number of nitrogens with two attached hydrogens (primary N) is 4. The Morgan fingerprint density at radius 2 is 1.41 bits per heavy atom. The summed E-state index contributed by atoms with van der Waals surface area (Å²) in [4.78, 5) is 13.9. The van der Waals surface area contributed by atoms with Gasteiger partial charge >= 0.3 is 0 Å². The van der Waals surface area contributed by atoms with Crippen LogP contribution in [-0.4, -0.2) is 50.1 Å². The van der Waals surface area contributed by atoms with Crippen LogP contribution in [0.2, 0.25) is 0 Å². The van der Waals surface area contributed by atoms with Gasteiger partial charge in [-0.15, -0.1) is 0 Å². The second kappa shape index (κ2) is 10.5. The van der Waals surface area contributed by atoms with E-state index in [4.69, 9.17) is 22.9 Å². The zero-order valence-electron chi connectivity index (χ0n) is 10.6. The Bertz CT molecular complexity index is 196. The van der Waals surface area contributed by atoms with E-state index in [2.05, 4.69) is 0 Å². The lowest BCUT2D eigenvalue weighted by Gasteiger charge is -2.26. The maximum Gasteiger partial charge on any atom is 0.228 e. The summed E-state index contributed by atoms with van der Waals surface area (Å²) < 4.78 is 0. The molecule has 0 radical (unpaired) electrons. The fraction of sp³-hybridized carbons (Fsp3) is 0.909. The van der Waals surface area contributed by atoms with Crippen molar-refractivity contribution in [1.29, 1.82) is 0 Å². The Morgan fingerprint density at radius 3 is 1.88 bits per heavy atom. The number of carbonyl (C=O) groups excluding carboxylic acids is 1. The van der Waals surface area contributed by atoms with E-state index in [0.717, 1.165) is 19.3 Å². The lowest BCUT2D eigenvalue weighted by molar-refractivity contribution is -0.135. The molecular weight excluding hydrogens is 218 g/mol. The molecule has 102 valence electrons. The Hall–Kier alpha value is -0.690. The van der Waals surface area contributed by atoms with Crippen molar-refractivity contribution < 1.29 is 4.79 Å². The highest BCUT2D eigenvalue weighted by atomic mass is 16.2. The molecule has 0 aliphatic carbocycles. The average molecular weight is 245 g/mol. The summed E-state index contributed by atoms with van der Waals surface area (Å²) in [6.07, 6.45) is 2.63. The molecule has 6 heteroatoms. The Morgan fingerprint density at radius 1 is 0.882 bits per heavy atom. The molecule has 0 saturated heterocycles. The maximum absolute atomic E-state index is 12.1. The summed E-state index contributed by atoms with van der Waals surface area (Å²) >= 11 is 0. The molecule has 0 aromatic rings. The van der Waals surface area contributed by atoms with Crippen LogP contribution in [-0.2, 0) is 4.79 Å². The number of hydrogen-bond acceptors (Lipinski definition) is 5. The normalized spacial score (nSPS) is 10.9. The summed E-state index contributed by atoms with van der Waals surface area (Å²) in [6.45, 7) is 3.21. The molecule has 0 unspecified atom stereocenters. The minimum atomic E-state index is -0.273. The molecule has 0 fully saturated rings. The first-order valence-corrected chi connectivity index (χ1v) is 6.30. The zero-order valence-corrected chi connectivity index (χ0v) is 10.6. The van der Waals surface area contributed by atoms with E-state index >= 15 is 0 Å². The van der Waals surface area contributed by atoms with Gasteiger partial charge in [-0.05, 0) is 32.4 Å². The maximum atomic E-state index is 12.1. The van der Waals surface area contributed by atoms with Gasteiger partial charge in [-0.3, -0.25) is 4.79 Å². The van der Waals surface area contributed by atoms with Crippen LogP contribution in [0.15, 0.2) is 0 Å². The predicted octanol–water partition coefficient (Wildman–Crippen LogP) is -1.56. The third kappa shape index (κ3) is 6.58. The van der Waals surface area contributed by atoms with Gasteiger partial charge in [0, 0.05) is 26.2 Å². The van der Waals surface area contributed by atoms with Crippen LogP contribution >= 0.6 is 0 Å². The quantitative estimate of drug-likeness (QED) is 0.346. The molecule has 0 saturated carbocycles. The van der Waals surface area contributed by atoms with Gasteiger partial charge in [0.25, 0.3) is 0 Å². The van der Waals surface area contributed by atoms with Crippen LogP contribution in [0.25, 0.3) is 0 Å². The van der Waals surface area contributed by atoms with Gasteiger partial charge in [-0.25, -0.2) is 0 Å². The fourth-order valence-corrected chi connectivity index (χ4v) is 1.62. The molecule has 0 aliphatic heterocycles. The third-order valence-electron chi connectivity index (χ3n) is 2.74. The third-order valence-corrected chi connectivity index (χ3v) is 2.74. The van der Waals surface area contributed by atoms with E-state index in [1.54, 1.807) is 0 Å². The summed E-state index contributed by atoms with van der Waals surface area (Å²) in [6, 6.07) is 0. The molecule has 0 atom stereocenters. The van der Waals surface area contributed by atoms with Crippen molar-refractivity contribution in [3.8, 4) is 0 Å². The molecule has 0 rings (SSSR count). The Labute approximate surface area is 104 Å². The lowest BCUT2D eigenvalue weighted by atomic mass is 10.1. The first kappa shape index (κ1) is 16.3. The second-order valence-electron chi connectivity index (χ2n) is 4.13. The van der Waals surface area contributed by atoms with E-state index in [1.807, 2.05) is 4.90 Å². The molecule has 6 nitrogen and oxygen atoms in total. The summed E-state index contributed by atoms with van der Waals surface area (Å²) in [5.41, 5.74) is 22.0. The number of amides is 1. The van der Waals surface area contributed by atoms with Crippen molar-refractivity contribution in [1.82, 2.24) is 4.90 Å². The molecule has 8 N–H and O–H groups in total. The standard InChI is InChI=1S/C11H27N5O/c12-4-1-2-6-16(7-3-5-13)11(17)10(8-14)9-15/h10H,1-9,12-15H2. The molecular formula is C11H27N5O. The molecule has 0 aliphatic rings. The van der Waals surface area contributed by atoms with E-state index in [0.29, 0.717) is 39.3 Å². The molecule has 0 spiro atoms. The summed E-state index contributed by atoms with van der Waals surface area (Å²) in [7, 11) is 0. The number of unbranched alkanes of at least 4 members (excludes halogenated alkanes) is 1. The lowest BCUT2D eigenvalue weighted by Crippen LogP contribution is -2.43.